The number of carbonyl (C=O) groups excluding carboxylic acids is 1. The van der Waals surface area contributed by atoms with Crippen molar-refractivity contribution in [3.8, 4) is 0 Å². The Labute approximate surface area is 208 Å². The van der Waals surface area contributed by atoms with E-state index in [1.807, 2.05) is 0 Å². The number of amides is 1. The maximum absolute atomic E-state index is 14.7. The third-order valence-corrected chi connectivity index (χ3v) is 7.16. The molecule has 3 N–H and O–H groups in total. The fourth-order valence-corrected chi connectivity index (χ4v) is 5.12. The third-order valence-electron chi connectivity index (χ3n) is 7.16. The second kappa shape index (κ2) is 9.42. The van der Waals surface area contributed by atoms with Crippen LogP contribution in [0.15, 0.2) is 47.5 Å². The molecule has 0 saturated carbocycles. The second-order valence-corrected chi connectivity index (χ2v) is 9.57. The number of hydrogen-bond acceptors (Lipinski definition) is 5. The molecule has 1 saturated heterocycles. The highest BCUT2D eigenvalue weighted by Gasteiger charge is 2.46. The van der Waals surface area contributed by atoms with Crippen molar-refractivity contribution in [2.24, 2.45) is 0 Å². The zero-order chi connectivity index (χ0) is 26.5. The highest BCUT2D eigenvalue weighted by molar-refractivity contribution is 5.93. The summed E-state index contributed by atoms with van der Waals surface area (Å²) in [7, 11) is 0. The van der Waals surface area contributed by atoms with Crippen molar-refractivity contribution in [2.75, 3.05) is 18.4 Å². The Balaban J connectivity index is 1.31. The predicted octanol–water partition coefficient (Wildman–Crippen LogP) is 3.33. The Bertz CT molecular complexity index is 1350. The number of halogens is 4. The van der Waals surface area contributed by atoms with Gasteiger partial charge >= 0.3 is 0 Å². The number of aliphatic hydroxyl groups excluding tert-OH is 1. The number of nitrogens with zero attached hydrogens (tertiary/aromatic N) is 3. The minimum absolute atomic E-state index is 0.00689. The summed E-state index contributed by atoms with van der Waals surface area (Å²) in [6.07, 6.45) is 1.47. The average Bonchev–Trinajstić information content (AvgIpc) is 3.38. The van der Waals surface area contributed by atoms with Gasteiger partial charge in [0.25, 0.3) is 5.92 Å². The zero-order valence-electron chi connectivity index (χ0n) is 19.8. The van der Waals surface area contributed by atoms with E-state index < -0.39 is 59.5 Å². The molecule has 2 aromatic heterocycles. The number of nitrogens with one attached hydrogen (secondary N) is 2. The van der Waals surface area contributed by atoms with Gasteiger partial charge in [0.15, 0.2) is 5.82 Å². The molecule has 1 aromatic carbocycles. The van der Waals surface area contributed by atoms with E-state index in [9.17, 15) is 32.3 Å². The van der Waals surface area contributed by atoms with E-state index >= 15 is 0 Å². The second-order valence-electron chi connectivity index (χ2n) is 9.57. The molecule has 4 heterocycles. The number of aromatic nitrogens is 3. The minimum atomic E-state index is -3.00. The van der Waals surface area contributed by atoms with Crippen molar-refractivity contribution >= 4 is 11.7 Å². The molecule has 8 nitrogen and oxygen atoms in total. The van der Waals surface area contributed by atoms with Crippen molar-refractivity contribution in [3.05, 3.63) is 81.7 Å². The third kappa shape index (κ3) is 4.90. The number of fused-ring (bicyclic) bond motifs is 1. The largest absolute Gasteiger partial charge is 0.385 e. The molecule has 0 aliphatic carbocycles. The van der Waals surface area contributed by atoms with Crippen LogP contribution < -0.4 is 10.9 Å². The van der Waals surface area contributed by atoms with Crippen molar-refractivity contribution in [2.45, 2.75) is 49.8 Å². The van der Waals surface area contributed by atoms with Gasteiger partial charge in [0, 0.05) is 50.5 Å². The number of imidazole rings is 1. The number of piperidine rings is 1. The highest BCUT2D eigenvalue weighted by Crippen LogP contribution is 2.41. The minimum Gasteiger partial charge on any atom is -0.385 e. The quantitative estimate of drug-likeness (QED) is 0.449. The van der Waals surface area contributed by atoms with E-state index in [0.717, 1.165) is 6.07 Å². The van der Waals surface area contributed by atoms with Crippen LogP contribution in [0.3, 0.4) is 0 Å². The van der Waals surface area contributed by atoms with E-state index in [1.54, 1.807) is 16.4 Å². The molecule has 12 heteroatoms. The Hall–Kier alpha value is -3.51. The lowest BCUT2D eigenvalue weighted by Crippen LogP contribution is -2.52. The van der Waals surface area contributed by atoms with Gasteiger partial charge in [-0.3, -0.25) is 14.5 Å². The Morgan fingerprint density at radius 2 is 1.95 bits per heavy atom. The van der Waals surface area contributed by atoms with Crippen LogP contribution in [0.5, 0.6) is 0 Å². The van der Waals surface area contributed by atoms with Gasteiger partial charge in [-0.1, -0.05) is 6.07 Å². The molecule has 0 radical (unpaired) electrons. The highest BCUT2D eigenvalue weighted by atomic mass is 19.3. The first-order chi connectivity index (χ1) is 17.5. The summed E-state index contributed by atoms with van der Waals surface area (Å²) < 4.78 is 58.4. The first kappa shape index (κ1) is 25.2. The number of anilines is 1. The van der Waals surface area contributed by atoms with Gasteiger partial charge in [0.2, 0.25) is 11.5 Å². The summed E-state index contributed by atoms with van der Waals surface area (Å²) in [6.45, 7) is 1.49. The number of benzene rings is 1. The number of hydrogen-bond donors (Lipinski definition) is 3. The summed E-state index contributed by atoms with van der Waals surface area (Å²) in [5.41, 5.74) is 0.206. The fraction of sp³-hybridized carbons (Fsp3) is 0.400. The van der Waals surface area contributed by atoms with Gasteiger partial charge in [-0.25, -0.2) is 22.5 Å². The first-order valence-electron chi connectivity index (χ1n) is 11.9. The SMILES string of the molecule is C[C@@H](C(=O)Nc1cn2c(n1)[C@H](O)C[C@@H]2c1cc(F)cc(F)c1)N1CCC(F)(F)[C@@H](c2ccc(=O)[nH]c2)C1. The van der Waals surface area contributed by atoms with Gasteiger partial charge in [-0.15, -0.1) is 0 Å². The van der Waals surface area contributed by atoms with Crippen molar-refractivity contribution in [1.29, 1.82) is 0 Å². The molecule has 2 aliphatic rings. The monoisotopic (exact) mass is 519 g/mol. The Morgan fingerprint density at radius 3 is 2.62 bits per heavy atom. The van der Waals surface area contributed by atoms with Crippen LogP contribution >= 0.6 is 0 Å². The lowest BCUT2D eigenvalue weighted by Gasteiger charge is -2.40. The number of pyridine rings is 1. The lowest BCUT2D eigenvalue weighted by atomic mass is 9.87. The number of alkyl halides is 2. The van der Waals surface area contributed by atoms with E-state index in [2.05, 4.69) is 15.3 Å². The first-order valence-corrected chi connectivity index (χ1v) is 11.9. The van der Waals surface area contributed by atoms with E-state index in [1.165, 1.54) is 36.7 Å². The maximum atomic E-state index is 14.7. The Kier molecular flexibility index (Phi) is 6.40. The van der Waals surface area contributed by atoms with Crippen molar-refractivity contribution in [3.63, 3.8) is 0 Å². The normalized spacial score (nSPS) is 24.0. The smallest absolute Gasteiger partial charge is 0.257 e. The summed E-state index contributed by atoms with van der Waals surface area (Å²) in [5.74, 6) is -5.80. The van der Waals surface area contributed by atoms with Gasteiger partial charge in [-0.05, 0) is 30.2 Å². The number of carbonyl (C=O) groups is 1. The molecule has 0 bridgehead atoms. The molecule has 5 rings (SSSR count). The predicted molar refractivity (Wildman–Crippen MR) is 125 cm³/mol. The number of H-pyrrole nitrogens is 1. The molecule has 1 amide bonds. The van der Waals surface area contributed by atoms with Crippen LogP contribution in [0.2, 0.25) is 0 Å². The van der Waals surface area contributed by atoms with Crippen LogP contribution in [-0.2, 0) is 4.79 Å². The van der Waals surface area contributed by atoms with Gasteiger partial charge in [-0.2, -0.15) is 0 Å². The van der Waals surface area contributed by atoms with E-state index in [0.29, 0.717) is 5.56 Å². The molecule has 0 spiro atoms. The van der Waals surface area contributed by atoms with Gasteiger partial charge in [0.1, 0.15) is 23.6 Å². The summed E-state index contributed by atoms with van der Waals surface area (Å²) >= 11 is 0. The molecule has 37 heavy (non-hydrogen) atoms. The number of likely N-dealkylation sites (tertiary alicyclic amines) is 1. The number of aliphatic hydroxyl groups is 1. The maximum Gasteiger partial charge on any atom is 0.257 e. The molecular formula is C25H25F4N5O3. The van der Waals surface area contributed by atoms with Crippen LogP contribution in [0.25, 0.3) is 0 Å². The van der Waals surface area contributed by atoms with Gasteiger partial charge < -0.3 is 20.0 Å². The molecule has 3 aromatic rings. The van der Waals surface area contributed by atoms with Crippen LogP contribution in [-0.4, -0.2) is 55.5 Å². The van der Waals surface area contributed by atoms with Crippen molar-refractivity contribution < 1.29 is 27.5 Å². The van der Waals surface area contributed by atoms with E-state index in [-0.39, 0.29) is 36.7 Å². The summed E-state index contributed by atoms with van der Waals surface area (Å²) in [4.78, 5) is 32.7. The molecule has 2 aliphatic heterocycles. The Morgan fingerprint density at radius 1 is 1.22 bits per heavy atom. The summed E-state index contributed by atoms with van der Waals surface area (Å²) in [5, 5.41) is 13.1. The molecule has 196 valence electrons. The molecule has 4 atom stereocenters. The molecule has 1 fully saturated rings. The average molecular weight is 519 g/mol. The van der Waals surface area contributed by atoms with E-state index in [4.69, 9.17) is 0 Å². The standard InChI is InChI=1S/C25H25F4N5O3/c1-13(33-5-4-25(28,29)18(11-33)14-2-3-22(36)30-10-14)24(37)32-21-12-34-19(9-20(35)23(34)31-21)15-6-16(26)8-17(27)7-15/h2-3,6-8,10,12-13,18-20,35H,4-5,9,11H2,1H3,(H,30,36)(H,32,37)/t13-,18+,19+,20+/m0/s1. The fourth-order valence-electron chi connectivity index (χ4n) is 5.12. The zero-order valence-corrected chi connectivity index (χ0v) is 19.8. The molecular weight excluding hydrogens is 494 g/mol. The summed E-state index contributed by atoms with van der Waals surface area (Å²) in [6, 6.07) is 4.32. The number of rotatable bonds is 5. The topological polar surface area (TPSA) is 103 Å². The van der Waals surface area contributed by atoms with Crippen LogP contribution in [0.1, 0.15) is 54.8 Å². The lowest BCUT2D eigenvalue weighted by molar-refractivity contribution is -0.125. The number of aromatic amines is 1. The van der Waals surface area contributed by atoms with Gasteiger partial charge in [0.05, 0.1) is 18.0 Å². The van der Waals surface area contributed by atoms with Crippen LogP contribution in [0, 0.1) is 11.6 Å². The van der Waals surface area contributed by atoms with Crippen LogP contribution in [0.4, 0.5) is 23.4 Å². The molecule has 0 unspecified atom stereocenters. The van der Waals surface area contributed by atoms with Crippen molar-refractivity contribution in [1.82, 2.24) is 19.4 Å².